The zero-order valence-electron chi connectivity index (χ0n) is 10.0. The summed E-state index contributed by atoms with van der Waals surface area (Å²) < 4.78 is 1.94. The van der Waals surface area contributed by atoms with Crippen LogP contribution in [0.2, 0.25) is 5.02 Å². The lowest BCUT2D eigenvalue weighted by Crippen LogP contribution is -2.31. The fourth-order valence-electron chi connectivity index (χ4n) is 2.83. The van der Waals surface area contributed by atoms with E-state index >= 15 is 0 Å². The molecule has 0 aromatic carbocycles. The van der Waals surface area contributed by atoms with Gasteiger partial charge in [-0.05, 0) is 38.3 Å². The van der Waals surface area contributed by atoms with Crippen LogP contribution in [-0.2, 0) is 7.05 Å². The second kappa shape index (κ2) is 5.19. The van der Waals surface area contributed by atoms with Gasteiger partial charge in [0.1, 0.15) is 0 Å². The Bertz CT molecular complexity index is 323. The molecule has 4 heteroatoms. The Balaban J connectivity index is 2.21. The summed E-state index contributed by atoms with van der Waals surface area (Å²) in [6.45, 7) is 4.52. The molecule has 1 unspecified atom stereocenters. The van der Waals surface area contributed by atoms with E-state index in [0.717, 1.165) is 30.5 Å². The number of aromatic nitrogens is 2. The van der Waals surface area contributed by atoms with E-state index in [-0.39, 0.29) is 0 Å². The first-order valence-corrected chi connectivity index (χ1v) is 6.50. The molecule has 0 amide bonds. The largest absolute Gasteiger partial charge is 0.317 e. The minimum absolute atomic E-state index is 0.558. The van der Waals surface area contributed by atoms with Crippen molar-refractivity contribution >= 4 is 11.6 Å². The number of aryl methyl sites for hydroxylation is 1. The van der Waals surface area contributed by atoms with Gasteiger partial charge in [0.05, 0.1) is 16.9 Å². The molecule has 1 saturated heterocycles. The van der Waals surface area contributed by atoms with Crippen molar-refractivity contribution in [1.82, 2.24) is 15.1 Å². The molecule has 1 aliphatic heterocycles. The van der Waals surface area contributed by atoms with Gasteiger partial charge < -0.3 is 5.32 Å². The van der Waals surface area contributed by atoms with Crippen LogP contribution in [0.25, 0.3) is 0 Å². The number of hydrogen-bond acceptors (Lipinski definition) is 2. The van der Waals surface area contributed by atoms with Crippen molar-refractivity contribution < 1.29 is 0 Å². The maximum absolute atomic E-state index is 6.24. The van der Waals surface area contributed by atoms with Gasteiger partial charge in [-0.2, -0.15) is 5.10 Å². The Morgan fingerprint density at radius 2 is 2.25 bits per heavy atom. The Morgan fingerprint density at radius 1 is 1.56 bits per heavy atom. The Kier molecular flexibility index (Phi) is 3.87. The molecule has 0 radical (unpaired) electrons. The van der Waals surface area contributed by atoms with Gasteiger partial charge in [0.15, 0.2) is 0 Å². The predicted octanol–water partition coefficient (Wildman–Crippen LogP) is 2.57. The van der Waals surface area contributed by atoms with E-state index in [1.807, 2.05) is 11.7 Å². The minimum Gasteiger partial charge on any atom is -0.317 e. The van der Waals surface area contributed by atoms with E-state index in [2.05, 4.69) is 17.3 Å². The Labute approximate surface area is 102 Å². The van der Waals surface area contributed by atoms with E-state index in [1.165, 1.54) is 18.5 Å². The Morgan fingerprint density at radius 3 is 2.75 bits per heavy atom. The third-order valence-corrected chi connectivity index (χ3v) is 3.97. The van der Waals surface area contributed by atoms with Gasteiger partial charge in [-0.15, -0.1) is 0 Å². The van der Waals surface area contributed by atoms with Crippen molar-refractivity contribution in [3.8, 4) is 0 Å². The molecule has 1 aromatic rings. The van der Waals surface area contributed by atoms with E-state index in [4.69, 9.17) is 11.6 Å². The summed E-state index contributed by atoms with van der Waals surface area (Å²) in [7, 11) is 1.99. The number of halogens is 1. The van der Waals surface area contributed by atoms with Crippen LogP contribution in [0.15, 0.2) is 6.20 Å². The first-order chi connectivity index (χ1) is 7.74. The topological polar surface area (TPSA) is 29.9 Å². The first kappa shape index (κ1) is 11.9. The zero-order valence-corrected chi connectivity index (χ0v) is 10.8. The van der Waals surface area contributed by atoms with Crippen LogP contribution in [0, 0.1) is 5.92 Å². The van der Waals surface area contributed by atoms with Crippen molar-refractivity contribution in [1.29, 1.82) is 0 Å². The number of rotatable bonds is 3. The van der Waals surface area contributed by atoms with Crippen LogP contribution >= 0.6 is 11.6 Å². The van der Waals surface area contributed by atoms with Gasteiger partial charge in [0.2, 0.25) is 0 Å². The number of piperidine rings is 1. The molecule has 1 N–H and O–H groups in total. The van der Waals surface area contributed by atoms with E-state index in [0.29, 0.717) is 5.92 Å². The quantitative estimate of drug-likeness (QED) is 0.882. The fourth-order valence-corrected chi connectivity index (χ4v) is 3.14. The summed E-state index contributed by atoms with van der Waals surface area (Å²) in [5.74, 6) is 1.31. The molecule has 0 bridgehead atoms. The molecule has 1 fully saturated rings. The highest BCUT2D eigenvalue weighted by Gasteiger charge is 2.27. The van der Waals surface area contributed by atoms with Crippen LogP contribution in [0.4, 0.5) is 0 Å². The van der Waals surface area contributed by atoms with Gasteiger partial charge in [0.25, 0.3) is 0 Å². The number of hydrogen-bond donors (Lipinski definition) is 1. The lowest BCUT2D eigenvalue weighted by Gasteiger charge is -2.30. The van der Waals surface area contributed by atoms with Crippen molar-refractivity contribution in [3.05, 3.63) is 16.9 Å². The van der Waals surface area contributed by atoms with Crippen LogP contribution < -0.4 is 5.32 Å². The van der Waals surface area contributed by atoms with Crippen LogP contribution in [0.3, 0.4) is 0 Å². The third kappa shape index (κ3) is 2.25. The normalized spacial score (nSPS) is 19.9. The molecule has 0 saturated carbocycles. The van der Waals surface area contributed by atoms with Gasteiger partial charge in [0, 0.05) is 13.0 Å². The molecule has 0 aliphatic carbocycles. The van der Waals surface area contributed by atoms with Crippen molar-refractivity contribution in [3.63, 3.8) is 0 Å². The first-order valence-electron chi connectivity index (χ1n) is 6.12. The van der Waals surface area contributed by atoms with Gasteiger partial charge in [-0.25, -0.2) is 0 Å². The highest BCUT2D eigenvalue weighted by atomic mass is 35.5. The molecular weight excluding hydrogens is 222 g/mol. The monoisotopic (exact) mass is 241 g/mol. The second-order valence-corrected chi connectivity index (χ2v) is 5.01. The van der Waals surface area contributed by atoms with Crippen LogP contribution in [0.1, 0.15) is 37.8 Å². The summed E-state index contributed by atoms with van der Waals surface area (Å²) in [4.78, 5) is 0. The summed E-state index contributed by atoms with van der Waals surface area (Å²) >= 11 is 6.24. The van der Waals surface area contributed by atoms with Crippen LogP contribution in [-0.4, -0.2) is 22.9 Å². The summed E-state index contributed by atoms with van der Waals surface area (Å²) in [6.07, 6.45) is 5.41. The van der Waals surface area contributed by atoms with Crippen molar-refractivity contribution in [2.45, 2.75) is 32.1 Å². The number of nitrogens with one attached hydrogen (secondary N) is 1. The second-order valence-electron chi connectivity index (χ2n) is 4.60. The minimum atomic E-state index is 0.558. The average Bonchev–Trinajstić information content (AvgIpc) is 2.63. The fraction of sp³-hybridized carbons (Fsp3) is 0.750. The molecule has 1 atom stereocenters. The molecule has 1 aromatic heterocycles. The van der Waals surface area contributed by atoms with Gasteiger partial charge >= 0.3 is 0 Å². The predicted molar refractivity (Wildman–Crippen MR) is 66.8 cm³/mol. The third-order valence-electron chi connectivity index (χ3n) is 3.68. The summed E-state index contributed by atoms with van der Waals surface area (Å²) in [6, 6.07) is 0. The van der Waals surface area contributed by atoms with Crippen molar-refractivity contribution in [2.75, 3.05) is 13.1 Å². The van der Waals surface area contributed by atoms with Gasteiger partial charge in [-0.3, -0.25) is 4.68 Å². The lowest BCUT2D eigenvalue weighted by molar-refractivity contribution is 0.303. The molecule has 2 rings (SSSR count). The maximum atomic E-state index is 6.24. The van der Waals surface area contributed by atoms with Gasteiger partial charge in [-0.1, -0.05) is 18.5 Å². The molecule has 2 heterocycles. The molecule has 3 nitrogen and oxygen atoms in total. The number of nitrogens with zero attached hydrogens (tertiary/aromatic N) is 2. The maximum Gasteiger partial charge on any atom is 0.0820 e. The average molecular weight is 242 g/mol. The SMILES string of the molecule is CCC(c1c(Cl)cnn1C)C1CCNCC1. The van der Waals surface area contributed by atoms with Crippen LogP contribution in [0.5, 0.6) is 0 Å². The smallest absolute Gasteiger partial charge is 0.0820 e. The standard InChI is InChI=1S/C12H20ClN3/c1-3-10(9-4-6-14-7-5-9)12-11(13)8-15-16(12)2/h8-10,14H,3-7H2,1-2H3. The highest BCUT2D eigenvalue weighted by Crippen LogP contribution is 2.36. The van der Waals surface area contributed by atoms with E-state index in [9.17, 15) is 0 Å². The molecule has 90 valence electrons. The summed E-state index contributed by atoms with van der Waals surface area (Å²) in [5.41, 5.74) is 1.22. The zero-order chi connectivity index (χ0) is 11.5. The Hall–Kier alpha value is -0.540. The molecule has 16 heavy (non-hydrogen) atoms. The molecular formula is C12H20ClN3. The molecule has 0 spiro atoms. The molecule has 1 aliphatic rings. The lowest BCUT2D eigenvalue weighted by atomic mass is 9.81. The highest BCUT2D eigenvalue weighted by molar-refractivity contribution is 6.31. The summed E-state index contributed by atoms with van der Waals surface area (Å²) in [5, 5.41) is 8.49. The van der Waals surface area contributed by atoms with E-state index < -0.39 is 0 Å². The van der Waals surface area contributed by atoms with E-state index in [1.54, 1.807) is 6.20 Å². The van der Waals surface area contributed by atoms with Crippen molar-refractivity contribution in [2.24, 2.45) is 13.0 Å².